The van der Waals surface area contributed by atoms with Crippen molar-refractivity contribution in [1.29, 1.82) is 0 Å². The molecular formula is C15H23N3O4. The van der Waals surface area contributed by atoms with Crippen LogP contribution in [0.2, 0.25) is 0 Å². The van der Waals surface area contributed by atoms with Gasteiger partial charge in [0.25, 0.3) is 5.91 Å². The maximum Gasteiger partial charge on any atom is 0.409 e. The van der Waals surface area contributed by atoms with E-state index in [1.165, 1.54) is 0 Å². The van der Waals surface area contributed by atoms with Gasteiger partial charge in [0.2, 0.25) is 0 Å². The first-order chi connectivity index (χ1) is 10.6. The van der Waals surface area contributed by atoms with Crippen LogP contribution in [0.4, 0.5) is 4.79 Å². The Labute approximate surface area is 130 Å². The van der Waals surface area contributed by atoms with E-state index >= 15 is 0 Å². The van der Waals surface area contributed by atoms with Crippen molar-refractivity contribution in [3.8, 4) is 0 Å². The number of carbonyl (C=O) groups is 2. The molecule has 1 fully saturated rings. The number of ether oxygens (including phenoxy) is 1. The molecule has 0 aromatic carbocycles. The third-order valence-corrected chi connectivity index (χ3v) is 3.85. The molecule has 7 nitrogen and oxygen atoms in total. The molecule has 1 saturated heterocycles. The molecule has 1 aliphatic heterocycles. The van der Waals surface area contributed by atoms with Crippen LogP contribution in [0, 0.1) is 6.92 Å². The van der Waals surface area contributed by atoms with E-state index in [0.29, 0.717) is 43.1 Å². The lowest BCUT2D eigenvalue weighted by atomic mass is 10.0. The third kappa shape index (κ3) is 3.58. The minimum absolute atomic E-state index is 0.0529. The largest absolute Gasteiger partial charge is 0.450 e. The highest BCUT2D eigenvalue weighted by Crippen LogP contribution is 2.16. The molecule has 1 N–H and O–H groups in total. The number of carbonyl (C=O) groups excluding carboxylic acids is 2. The second-order valence-corrected chi connectivity index (χ2v) is 5.35. The average Bonchev–Trinajstić information content (AvgIpc) is 2.89. The topological polar surface area (TPSA) is 84.7 Å². The van der Waals surface area contributed by atoms with Gasteiger partial charge in [-0.2, -0.15) is 0 Å². The Morgan fingerprint density at radius 1 is 1.36 bits per heavy atom. The summed E-state index contributed by atoms with van der Waals surface area (Å²) in [5.41, 5.74) is 1.22. The summed E-state index contributed by atoms with van der Waals surface area (Å²) < 4.78 is 10.1. The van der Waals surface area contributed by atoms with Gasteiger partial charge in [0.15, 0.2) is 0 Å². The highest BCUT2D eigenvalue weighted by Gasteiger charge is 2.27. The van der Waals surface area contributed by atoms with E-state index in [4.69, 9.17) is 9.26 Å². The second-order valence-electron chi connectivity index (χ2n) is 5.35. The molecule has 1 aliphatic rings. The van der Waals surface area contributed by atoms with E-state index in [0.717, 1.165) is 12.8 Å². The molecule has 0 atom stereocenters. The normalized spacial score (nSPS) is 15.7. The van der Waals surface area contributed by atoms with E-state index in [1.807, 2.05) is 6.92 Å². The van der Waals surface area contributed by atoms with Gasteiger partial charge in [-0.25, -0.2) is 4.79 Å². The molecule has 2 heterocycles. The number of hydrogen-bond acceptors (Lipinski definition) is 5. The molecule has 0 saturated carbocycles. The number of nitrogens with zero attached hydrogens (tertiary/aromatic N) is 2. The van der Waals surface area contributed by atoms with Crippen molar-refractivity contribution in [3.63, 3.8) is 0 Å². The van der Waals surface area contributed by atoms with Crippen molar-refractivity contribution in [2.75, 3.05) is 19.7 Å². The number of aryl methyl sites for hydroxylation is 2. The molecule has 0 spiro atoms. The van der Waals surface area contributed by atoms with Crippen LogP contribution in [0.15, 0.2) is 4.52 Å². The third-order valence-electron chi connectivity index (χ3n) is 3.85. The summed E-state index contributed by atoms with van der Waals surface area (Å²) in [4.78, 5) is 25.7. The maximum absolute atomic E-state index is 12.4. The molecule has 1 aromatic heterocycles. The molecule has 2 amide bonds. The Hall–Kier alpha value is -2.05. The average molecular weight is 309 g/mol. The lowest BCUT2D eigenvalue weighted by Crippen LogP contribution is -2.46. The molecule has 0 aliphatic carbocycles. The number of rotatable bonds is 4. The monoisotopic (exact) mass is 309 g/mol. The van der Waals surface area contributed by atoms with Crippen molar-refractivity contribution in [2.24, 2.45) is 0 Å². The van der Waals surface area contributed by atoms with Crippen molar-refractivity contribution < 1.29 is 18.8 Å². The zero-order chi connectivity index (χ0) is 16.1. The van der Waals surface area contributed by atoms with Gasteiger partial charge < -0.3 is 19.5 Å². The Bertz CT molecular complexity index is 533. The number of hydrogen-bond donors (Lipinski definition) is 1. The number of nitrogens with one attached hydrogen (secondary N) is 1. The summed E-state index contributed by atoms with van der Waals surface area (Å²) in [5, 5.41) is 6.91. The highest BCUT2D eigenvalue weighted by molar-refractivity contribution is 5.96. The van der Waals surface area contributed by atoms with Gasteiger partial charge in [0.1, 0.15) is 11.3 Å². The van der Waals surface area contributed by atoms with Gasteiger partial charge in [-0.1, -0.05) is 12.1 Å². The quantitative estimate of drug-likeness (QED) is 0.918. The maximum atomic E-state index is 12.4. The predicted molar refractivity (Wildman–Crippen MR) is 79.7 cm³/mol. The van der Waals surface area contributed by atoms with E-state index in [2.05, 4.69) is 10.5 Å². The van der Waals surface area contributed by atoms with Crippen molar-refractivity contribution in [1.82, 2.24) is 15.4 Å². The first-order valence-electron chi connectivity index (χ1n) is 7.74. The highest BCUT2D eigenvalue weighted by atomic mass is 16.6. The van der Waals surface area contributed by atoms with Gasteiger partial charge in [0.05, 0.1) is 12.3 Å². The smallest absolute Gasteiger partial charge is 0.409 e. The molecule has 7 heteroatoms. The molecular weight excluding hydrogens is 286 g/mol. The zero-order valence-electron chi connectivity index (χ0n) is 13.3. The molecule has 0 radical (unpaired) electrons. The lowest BCUT2D eigenvalue weighted by Gasteiger charge is -2.31. The van der Waals surface area contributed by atoms with Crippen LogP contribution < -0.4 is 5.32 Å². The summed E-state index contributed by atoms with van der Waals surface area (Å²) in [5.74, 6) is 0.392. The fourth-order valence-corrected chi connectivity index (χ4v) is 2.63. The molecule has 1 aromatic rings. The van der Waals surface area contributed by atoms with Crippen LogP contribution in [0.3, 0.4) is 0 Å². The van der Waals surface area contributed by atoms with Crippen LogP contribution in [0.5, 0.6) is 0 Å². The van der Waals surface area contributed by atoms with E-state index < -0.39 is 0 Å². The molecule has 0 bridgehead atoms. The number of amides is 2. The Balaban J connectivity index is 1.89. The standard InChI is InChI=1S/C15H23N3O4/c1-4-12-13(10(3)22-17-12)14(19)16-11-6-8-18(9-7-11)15(20)21-5-2/h11H,4-9H2,1-3H3,(H,16,19). The van der Waals surface area contributed by atoms with Gasteiger partial charge in [-0.15, -0.1) is 0 Å². The second kappa shape index (κ2) is 7.29. The van der Waals surface area contributed by atoms with Crippen molar-refractivity contribution in [2.45, 2.75) is 46.1 Å². The number of aromatic nitrogens is 1. The van der Waals surface area contributed by atoms with Gasteiger partial charge in [0, 0.05) is 19.1 Å². The minimum Gasteiger partial charge on any atom is -0.450 e. The zero-order valence-corrected chi connectivity index (χ0v) is 13.3. The van der Waals surface area contributed by atoms with Gasteiger partial charge >= 0.3 is 6.09 Å². The molecule has 0 unspecified atom stereocenters. The molecule has 2 rings (SSSR count). The first-order valence-corrected chi connectivity index (χ1v) is 7.74. The van der Waals surface area contributed by atoms with Gasteiger partial charge in [-0.05, 0) is 33.1 Å². The summed E-state index contributed by atoms with van der Waals surface area (Å²) in [7, 11) is 0. The predicted octanol–water partition coefficient (Wildman–Crippen LogP) is 1.90. The van der Waals surface area contributed by atoms with Crippen LogP contribution in [-0.2, 0) is 11.2 Å². The Morgan fingerprint density at radius 3 is 2.64 bits per heavy atom. The minimum atomic E-state index is -0.282. The fraction of sp³-hybridized carbons (Fsp3) is 0.667. The van der Waals surface area contributed by atoms with Crippen LogP contribution >= 0.6 is 0 Å². The summed E-state index contributed by atoms with van der Waals surface area (Å²) >= 11 is 0. The van der Waals surface area contributed by atoms with Crippen molar-refractivity contribution in [3.05, 3.63) is 17.0 Å². The number of piperidine rings is 1. The fourth-order valence-electron chi connectivity index (χ4n) is 2.63. The summed E-state index contributed by atoms with van der Waals surface area (Å²) in [6.45, 7) is 7.02. The van der Waals surface area contributed by atoms with Crippen LogP contribution in [-0.4, -0.2) is 47.8 Å². The van der Waals surface area contributed by atoms with Crippen LogP contribution in [0.1, 0.15) is 48.5 Å². The Morgan fingerprint density at radius 2 is 2.05 bits per heavy atom. The Kier molecular flexibility index (Phi) is 5.41. The van der Waals surface area contributed by atoms with E-state index in [-0.39, 0.29) is 18.0 Å². The summed E-state index contributed by atoms with van der Waals surface area (Å²) in [6.07, 6.45) is 1.81. The summed E-state index contributed by atoms with van der Waals surface area (Å²) in [6, 6.07) is 0.0529. The lowest BCUT2D eigenvalue weighted by molar-refractivity contribution is 0.0858. The van der Waals surface area contributed by atoms with E-state index in [9.17, 15) is 9.59 Å². The molecule has 122 valence electrons. The number of likely N-dealkylation sites (tertiary alicyclic amines) is 1. The SMILES string of the molecule is CCOC(=O)N1CCC(NC(=O)c2c(CC)noc2C)CC1. The van der Waals surface area contributed by atoms with Gasteiger partial charge in [-0.3, -0.25) is 4.79 Å². The van der Waals surface area contributed by atoms with Crippen LogP contribution in [0.25, 0.3) is 0 Å². The van der Waals surface area contributed by atoms with Crippen molar-refractivity contribution >= 4 is 12.0 Å². The molecule has 22 heavy (non-hydrogen) atoms. The first kappa shape index (κ1) is 16.3. The van der Waals surface area contributed by atoms with E-state index in [1.54, 1.807) is 18.7 Å².